The Balaban J connectivity index is 1.53. The van der Waals surface area contributed by atoms with Gasteiger partial charge >= 0.3 is 6.09 Å². The molecule has 0 aromatic heterocycles. The van der Waals surface area contributed by atoms with E-state index in [9.17, 15) is 23.2 Å². The maximum atomic E-state index is 13.3. The van der Waals surface area contributed by atoms with Gasteiger partial charge in [0.1, 0.15) is 5.41 Å². The van der Waals surface area contributed by atoms with Gasteiger partial charge in [0.2, 0.25) is 11.8 Å². The highest BCUT2D eigenvalue weighted by Gasteiger charge is 2.56. The molecule has 2 fully saturated rings. The van der Waals surface area contributed by atoms with Gasteiger partial charge in [0.05, 0.1) is 6.61 Å². The van der Waals surface area contributed by atoms with Crippen LogP contribution >= 0.6 is 0 Å². The molecule has 28 heavy (non-hydrogen) atoms. The highest BCUT2D eigenvalue weighted by molar-refractivity contribution is 6.13. The highest BCUT2D eigenvalue weighted by atomic mass is 19.2. The molecule has 0 spiro atoms. The number of carbonyl (C=O) groups is 3. The van der Waals surface area contributed by atoms with Crippen molar-refractivity contribution in [2.45, 2.75) is 38.6 Å². The first kappa shape index (κ1) is 20.0. The van der Waals surface area contributed by atoms with Gasteiger partial charge in [-0.15, -0.1) is 0 Å². The molecule has 0 radical (unpaired) electrons. The molecule has 9 heteroatoms. The van der Waals surface area contributed by atoms with E-state index in [1.807, 2.05) is 0 Å². The molecule has 2 aliphatic rings. The van der Waals surface area contributed by atoms with Gasteiger partial charge in [-0.25, -0.2) is 13.6 Å². The molecular formula is C19H23F2N3O4. The number of ether oxygens (including phenoxy) is 1. The number of carbonyl (C=O) groups excluding carboxylic acids is 3. The maximum absolute atomic E-state index is 13.3. The Morgan fingerprint density at radius 1 is 1.14 bits per heavy atom. The van der Waals surface area contributed by atoms with Crippen LogP contribution in [-0.4, -0.2) is 48.5 Å². The van der Waals surface area contributed by atoms with Crippen LogP contribution in [0.1, 0.15) is 32.6 Å². The van der Waals surface area contributed by atoms with Crippen LogP contribution < -0.4 is 10.6 Å². The zero-order valence-electron chi connectivity index (χ0n) is 15.6. The van der Waals surface area contributed by atoms with Crippen LogP contribution in [0, 0.1) is 17.0 Å². The first-order valence-electron chi connectivity index (χ1n) is 9.35. The van der Waals surface area contributed by atoms with Crippen molar-refractivity contribution in [2.24, 2.45) is 5.41 Å². The normalized spacial score (nSPS) is 18.3. The zero-order chi connectivity index (χ0) is 20.3. The number of amides is 3. The van der Waals surface area contributed by atoms with Crippen LogP contribution in [0.5, 0.6) is 0 Å². The lowest BCUT2D eigenvalue weighted by molar-refractivity contribution is -0.135. The molecule has 3 amide bonds. The Hall–Kier alpha value is -2.71. The van der Waals surface area contributed by atoms with E-state index in [1.54, 1.807) is 11.8 Å². The van der Waals surface area contributed by atoms with E-state index in [1.165, 1.54) is 6.07 Å². The van der Waals surface area contributed by atoms with Gasteiger partial charge in [0.15, 0.2) is 11.6 Å². The van der Waals surface area contributed by atoms with E-state index in [4.69, 9.17) is 4.74 Å². The number of likely N-dealkylation sites (tertiary alicyclic amines) is 1. The number of nitrogens with zero attached hydrogens (tertiary/aromatic N) is 1. The van der Waals surface area contributed by atoms with Crippen molar-refractivity contribution < 1.29 is 27.9 Å². The number of anilines is 1. The van der Waals surface area contributed by atoms with Crippen molar-refractivity contribution in [3.63, 3.8) is 0 Å². The van der Waals surface area contributed by atoms with E-state index < -0.39 is 23.0 Å². The molecule has 1 saturated heterocycles. The fourth-order valence-corrected chi connectivity index (χ4v) is 3.25. The van der Waals surface area contributed by atoms with Crippen LogP contribution in [0.3, 0.4) is 0 Å². The van der Waals surface area contributed by atoms with Crippen molar-refractivity contribution in [1.29, 1.82) is 0 Å². The summed E-state index contributed by atoms with van der Waals surface area (Å²) in [5, 5.41) is 5.38. The Kier molecular flexibility index (Phi) is 5.81. The third-order valence-electron chi connectivity index (χ3n) is 5.15. The summed E-state index contributed by atoms with van der Waals surface area (Å²) >= 11 is 0. The molecule has 1 aliphatic heterocycles. The first-order chi connectivity index (χ1) is 13.4. The average molecular weight is 395 g/mol. The number of nitrogens with one attached hydrogen (secondary N) is 2. The van der Waals surface area contributed by atoms with Gasteiger partial charge in [-0.1, -0.05) is 0 Å². The molecular weight excluding hydrogens is 372 g/mol. The fourth-order valence-electron chi connectivity index (χ4n) is 3.25. The van der Waals surface area contributed by atoms with Gasteiger partial charge in [0.25, 0.3) is 0 Å². The third kappa shape index (κ3) is 4.23. The summed E-state index contributed by atoms with van der Waals surface area (Å²) in [7, 11) is 0. The molecule has 152 valence electrons. The lowest BCUT2D eigenvalue weighted by atomic mass is 10.0. The highest BCUT2D eigenvalue weighted by Crippen LogP contribution is 2.47. The van der Waals surface area contributed by atoms with Gasteiger partial charge in [-0.3, -0.25) is 9.59 Å². The van der Waals surface area contributed by atoms with E-state index in [-0.39, 0.29) is 23.7 Å². The Morgan fingerprint density at radius 3 is 2.39 bits per heavy atom. The summed E-state index contributed by atoms with van der Waals surface area (Å²) in [5.41, 5.74) is -1.07. The topological polar surface area (TPSA) is 87.7 Å². The van der Waals surface area contributed by atoms with E-state index >= 15 is 0 Å². The van der Waals surface area contributed by atoms with Crippen molar-refractivity contribution in [2.75, 3.05) is 25.0 Å². The van der Waals surface area contributed by atoms with Crippen molar-refractivity contribution in [1.82, 2.24) is 10.2 Å². The van der Waals surface area contributed by atoms with Crippen LogP contribution in [0.25, 0.3) is 0 Å². The van der Waals surface area contributed by atoms with Gasteiger partial charge in [-0.05, 0) is 44.7 Å². The number of piperidine rings is 1. The zero-order valence-corrected chi connectivity index (χ0v) is 15.6. The number of rotatable bonds is 5. The quantitative estimate of drug-likeness (QED) is 0.750. The minimum absolute atomic E-state index is 0.103. The molecule has 1 saturated carbocycles. The number of benzene rings is 1. The Morgan fingerprint density at radius 2 is 1.82 bits per heavy atom. The lowest BCUT2D eigenvalue weighted by Crippen LogP contribution is -2.50. The van der Waals surface area contributed by atoms with E-state index in [2.05, 4.69) is 10.6 Å². The molecule has 1 aliphatic carbocycles. The second kappa shape index (κ2) is 8.12. The molecule has 1 aromatic rings. The smallest absolute Gasteiger partial charge is 0.409 e. The van der Waals surface area contributed by atoms with Crippen molar-refractivity contribution in [3.05, 3.63) is 29.8 Å². The molecule has 7 nitrogen and oxygen atoms in total. The third-order valence-corrected chi connectivity index (χ3v) is 5.15. The van der Waals surface area contributed by atoms with Crippen molar-refractivity contribution >= 4 is 23.6 Å². The summed E-state index contributed by atoms with van der Waals surface area (Å²) in [6.45, 7) is 2.99. The largest absolute Gasteiger partial charge is 0.450 e. The molecule has 1 heterocycles. The summed E-state index contributed by atoms with van der Waals surface area (Å²) in [6, 6.07) is 2.91. The SMILES string of the molecule is CCOC(=O)N1CCC(NC(=O)C2(C(=O)Nc3ccc(F)c(F)c3)CC2)CC1. The molecule has 1 aromatic carbocycles. The second-order valence-corrected chi connectivity index (χ2v) is 7.10. The summed E-state index contributed by atoms with van der Waals surface area (Å²) in [4.78, 5) is 38.5. The maximum Gasteiger partial charge on any atom is 0.409 e. The van der Waals surface area contributed by atoms with Gasteiger partial charge in [-0.2, -0.15) is 0 Å². The monoisotopic (exact) mass is 395 g/mol. The fraction of sp³-hybridized carbons (Fsp3) is 0.526. The summed E-state index contributed by atoms with van der Waals surface area (Å²) in [6.07, 6.45) is 1.58. The molecule has 0 unspecified atom stereocenters. The molecule has 2 N–H and O–H groups in total. The average Bonchev–Trinajstić information content (AvgIpc) is 3.48. The second-order valence-electron chi connectivity index (χ2n) is 7.10. The molecule has 0 bridgehead atoms. The van der Waals surface area contributed by atoms with Crippen LogP contribution in [0.2, 0.25) is 0 Å². The van der Waals surface area contributed by atoms with Crippen LogP contribution in [0.4, 0.5) is 19.3 Å². The Labute approximate surface area is 161 Å². The minimum atomic E-state index is -1.18. The minimum Gasteiger partial charge on any atom is -0.450 e. The molecule has 3 rings (SSSR count). The molecule has 0 atom stereocenters. The van der Waals surface area contributed by atoms with Crippen LogP contribution in [-0.2, 0) is 14.3 Å². The van der Waals surface area contributed by atoms with Crippen molar-refractivity contribution in [3.8, 4) is 0 Å². The number of hydrogen-bond acceptors (Lipinski definition) is 4. The summed E-state index contributed by atoms with van der Waals surface area (Å²) < 4.78 is 31.3. The first-order valence-corrected chi connectivity index (χ1v) is 9.35. The van der Waals surface area contributed by atoms with Crippen LogP contribution in [0.15, 0.2) is 18.2 Å². The lowest BCUT2D eigenvalue weighted by Gasteiger charge is -2.32. The van der Waals surface area contributed by atoms with Gasteiger partial charge < -0.3 is 20.3 Å². The number of halogens is 2. The predicted octanol–water partition coefficient (Wildman–Crippen LogP) is 2.42. The van der Waals surface area contributed by atoms with E-state index in [0.29, 0.717) is 45.4 Å². The summed E-state index contributed by atoms with van der Waals surface area (Å²) in [5.74, 6) is -2.98. The predicted molar refractivity (Wildman–Crippen MR) is 96.4 cm³/mol. The standard InChI is InChI=1S/C19H23F2N3O4/c1-2-28-18(27)24-9-5-12(6-10-24)22-16(25)19(7-8-19)17(26)23-13-3-4-14(20)15(21)11-13/h3-4,11-12H,2,5-10H2,1H3,(H,22,25)(H,23,26). The Bertz CT molecular complexity index is 774. The van der Waals surface area contributed by atoms with Gasteiger partial charge in [0, 0.05) is 30.9 Å². The van der Waals surface area contributed by atoms with E-state index in [0.717, 1.165) is 12.1 Å². The number of hydrogen-bond donors (Lipinski definition) is 2.